The highest BCUT2D eigenvalue weighted by molar-refractivity contribution is 5.99. The van der Waals surface area contributed by atoms with Crippen molar-refractivity contribution in [2.45, 2.75) is 38.3 Å². The molecule has 1 aromatic carbocycles. The third-order valence-electron chi connectivity index (χ3n) is 4.07. The van der Waals surface area contributed by atoms with Gasteiger partial charge < -0.3 is 10.2 Å². The molecule has 2 atom stereocenters. The Balaban J connectivity index is 1.65. The minimum atomic E-state index is 0.0146. The first kappa shape index (κ1) is 11.7. The van der Waals surface area contributed by atoms with Gasteiger partial charge in [-0.2, -0.15) is 0 Å². The normalized spacial score (nSPS) is 25.5. The summed E-state index contributed by atoms with van der Waals surface area (Å²) < 4.78 is 0. The van der Waals surface area contributed by atoms with Gasteiger partial charge in [-0.25, -0.2) is 0 Å². The van der Waals surface area contributed by atoms with Gasteiger partial charge in [0.1, 0.15) is 0 Å². The van der Waals surface area contributed by atoms with Crippen molar-refractivity contribution in [3.05, 3.63) is 30.3 Å². The molecule has 0 radical (unpaired) electrons. The topological polar surface area (TPSA) is 32.3 Å². The Hall–Kier alpha value is -1.35. The standard InChI is InChI=1S/C15H20N2O/c1-11(12-7-8-12)16-14-9-10-17(15(14)18)13-5-3-2-4-6-13/h2-6,11-12,14,16H,7-10H2,1H3. The van der Waals surface area contributed by atoms with E-state index in [-0.39, 0.29) is 11.9 Å². The molecule has 2 aliphatic rings. The Morgan fingerprint density at radius 1 is 1.22 bits per heavy atom. The van der Waals surface area contributed by atoms with Crippen LogP contribution < -0.4 is 10.2 Å². The summed E-state index contributed by atoms with van der Waals surface area (Å²) in [6.07, 6.45) is 3.56. The number of carbonyl (C=O) groups is 1. The van der Waals surface area contributed by atoms with E-state index in [4.69, 9.17) is 0 Å². The molecular weight excluding hydrogens is 224 g/mol. The number of nitrogens with zero attached hydrogens (tertiary/aromatic N) is 1. The molecule has 1 saturated carbocycles. The van der Waals surface area contributed by atoms with Crippen LogP contribution in [-0.4, -0.2) is 24.5 Å². The van der Waals surface area contributed by atoms with E-state index in [9.17, 15) is 4.79 Å². The Labute approximate surface area is 108 Å². The van der Waals surface area contributed by atoms with Crippen molar-refractivity contribution in [1.82, 2.24) is 5.32 Å². The molecule has 1 saturated heterocycles. The predicted molar refractivity (Wildman–Crippen MR) is 72.5 cm³/mol. The second-order valence-electron chi connectivity index (χ2n) is 5.46. The molecule has 1 heterocycles. The lowest BCUT2D eigenvalue weighted by molar-refractivity contribution is -0.119. The second-order valence-corrected chi connectivity index (χ2v) is 5.46. The van der Waals surface area contributed by atoms with Crippen molar-refractivity contribution < 1.29 is 4.79 Å². The first-order valence-electron chi connectivity index (χ1n) is 6.88. The molecule has 0 spiro atoms. The highest BCUT2D eigenvalue weighted by atomic mass is 16.2. The minimum absolute atomic E-state index is 0.0146. The van der Waals surface area contributed by atoms with Crippen LogP contribution in [0.4, 0.5) is 5.69 Å². The number of anilines is 1. The van der Waals surface area contributed by atoms with Crippen molar-refractivity contribution in [2.75, 3.05) is 11.4 Å². The van der Waals surface area contributed by atoms with Gasteiger partial charge in [0.25, 0.3) is 0 Å². The molecule has 2 fully saturated rings. The fraction of sp³-hybridized carbons (Fsp3) is 0.533. The lowest BCUT2D eigenvalue weighted by atomic mass is 10.1. The van der Waals surface area contributed by atoms with E-state index >= 15 is 0 Å². The van der Waals surface area contributed by atoms with Crippen molar-refractivity contribution >= 4 is 11.6 Å². The molecule has 1 aromatic rings. The molecule has 0 bridgehead atoms. The largest absolute Gasteiger partial charge is 0.311 e. The Bertz CT molecular complexity index is 427. The average molecular weight is 244 g/mol. The molecule has 18 heavy (non-hydrogen) atoms. The van der Waals surface area contributed by atoms with Gasteiger partial charge in [-0.15, -0.1) is 0 Å². The lowest BCUT2D eigenvalue weighted by Crippen LogP contribution is -2.43. The van der Waals surface area contributed by atoms with Crippen molar-refractivity contribution in [3.63, 3.8) is 0 Å². The zero-order valence-corrected chi connectivity index (χ0v) is 10.8. The SMILES string of the molecule is CC(NC1CCN(c2ccccc2)C1=O)C1CC1. The molecular formula is C15H20N2O. The van der Waals surface area contributed by atoms with Gasteiger partial charge in [0.15, 0.2) is 0 Å². The van der Waals surface area contributed by atoms with Crippen LogP contribution in [0.15, 0.2) is 30.3 Å². The Morgan fingerprint density at radius 3 is 2.61 bits per heavy atom. The van der Waals surface area contributed by atoms with E-state index in [0.717, 1.165) is 24.6 Å². The molecule has 1 amide bonds. The van der Waals surface area contributed by atoms with E-state index in [2.05, 4.69) is 12.2 Å². The monoisotopic (exact) mass is 244 g/mol. The van der Waals surface area contributed by atoms with Crippen LogP contribution >= 0.6 is 0 Å². The third-order valence-corrected chi connectivity index (χ3v) is 4.07. The number of hydrogen-bond donors (Lipinski definition) is 1. The quantitative estimate of drug-likeness (QED) is 0.880. The number of carbonyl (C=O) groups excluding carboxylic acids is 1. The van der Waals surface area contributed by atoms with Gasteiger partial charge in [0.05, 0.1) is 6.04 Å². The summed E-state index contributed by atoms with van der Waals surface area (Å²) in [4.78, 5) is 14.2. The summed E-state index contributed by atoms with van der Waals surface area (Å²) in [5.74, 6) is 1.03. The number of benzene rings is 1. The predicted octanol–water partition coefficient (Wildman–Crippen LogP) is 2.18. The van der Waals surface area contributed by atoms with Crippen LogP contribution in [0.25, 0.3) is 0 Å². The summed E-state index contributed by atoms with van der Waals surface area (Å²) in [6, 6.07) is 10.5. The molecule has 3 heteroatoms. The van der Waals surface area contributed by atoms with Gasteiger partial charge in [-0.3, -0.25) is 4.79 Å². The molecule has 3 nitrogen and oxygen atoms in total. The zero-order valence-electron chi connectivity index (χ0n) is 10.8. The highest BCUT2D eigenvalue weighted by Gasteiger charge is 2.36. The van der Waals surface area contributed by atoms with E-state index < -0.39 is 0 Å². The smallest absolute Gasteiger partial charge is 0.244 e. The van der Waals surface area contributed by atoms with E-state index in [1.54, 1.807) is 0 Å². The summed E-state index contributed by atoms with van der Waals surface area (Å²) in [7, 11) is 0. The van der Waals surface area contributed by atoms with Crippen molar-refractivity contribution in [1.29, 1.82) is 0 Å². The maximum absolute atomic E-state index is 12.3. The van der Waals surface area contributed by atoms with Crippen LogP contribution in [0.3, 0.4) is 0 Å². The summed E-state index contributed by atoms with van der Waals surface area (Å²) >= 11 is 0. The fourth-order valence-electron chi connectivity index (χ4n) is 2.75. The van der Waals surface area contributed by atoms with Crippen LogP contribution in [0.2, 0.25) is 0 Å². The summed E-state index contributed by atoms with van der Waals surface area (Å²) in [6.45, 7) is 3.04. The minimum Gasteiger partial charge on any atom is -0.311 e. The number of rotatable bonds is 4. The zero-order chi connectivity index (χ0) is 12.5. The number of nitrogens with one attached hydrogen (secondary N) is 1. The van der Waals surface area contributed by atoms with E-state index in [1.165, 1.54) is 12.8 Å². The number of hydrogen-bond acceptors (Lipinski definition) is 2. The first-order chi connectivity index (χ1) is 8.75. The van der Waals surface area contributed by atoms with Gasteiger partial charge >= 0.3 is 0 Å². The van der Waals surface area contributed by atoms with Crippen LogP contribution in [0.1, 0.15) is 26.2 Å². The van der Waals surface area contributed by atoms with Gasteiger partial charge in [-0.05, 0) is 44.2 Å². The lowest BCUT2D eigenvalue weighted by Gasteiger charge is -2.20. The first-order valence-corrected chi connectivity index (χ1v) is 6.88. The number of amides is 1. The molecule has 2 unspecified atom stereocenters. The molecule has 1 N–H and O–H groups in total. The number of para-hydroxylation sites is 1. The summed E-state index contributed by atoms with van der Waals surface area (Å²) in [5, 5.41) is 3.50. The molecule has 96 valence electrons. The van der Waals surface area contributed by atoms with E-state index in [0.29, 0.717) is 6.04 Å². The maximum atomic E-state index is 12.3. The van der Waals surface area contributed by atoms with Gasteiger partial charge in [0, 0.05) is 18.3 Å². The van der Waals surface area contributed by atoms with Crippen molar-refractivity contribution in [3.8, 4) is 0 Å². The fourth-order valence-corrected chi connectivity index (χ4v) is 2.75. The highest BCUT2D eigenvalue weighted by Crippen LogP contribution is 2.33. The third kappa shape index (κ3) is 2.27. The van der Waals surface area contributed by atoms with Crippen LogP contribution in [-0.2, 0) is 4.79 Å². The molecule has 3 rings (SSSR count). The molecule has 1 aliphatic carbocycles. The van der Waals surface area contributed by atoms with Gasteiger partial charge in [0.2, 0.25) is 5.91 Å². The maximum Gasteiger partial charge on any atom is 0.244 e. The average Bonchev–Trinajstić information content (AvgIpc) is 3.18. The molecule has 1 aliphatic heterocycles. The van der Waals surface area contributed by atoms with Crippen LogP contribution in [0, 0.1) is 5.92 Å². The van der Waals surface area contributed by atoms with Crippen LogP contribution in [0.5, 0.6) is 0 Å². The summed E-state index contributed by atoms with van der Waals surface area (Å²) in [5.41, 5.74) is 1.02. The van der Waals surface area contributed by atoms with E-state index in [1.807, 2.05) is 35.2 Å². The Kier molecular flexibility index (Phi) is 3.08. The second kappa shape index (κ2) is 4.73. The Morgan fingerprint density at radius 2 is 1.94 bits per heavy atom. The van der Waals surface area contributed by atoms with Gasteiger partial charge in [-0.1, -0.05) is 18.2 Å². The van der Waals surface area contributed by atoms with Crippen molar-refractivity contribution in [2.24, 2.45) is 5.92 Å². The molecule has 0 aromatic heterocycles.